The summed E-state index contributed by atoms with van der Waals surface area (Å²) in [6.45, 7) is 0. The molecule has 0 aliphatic rings. The van der Waals surface area contributed by atoms with E-state index in [1.165, 1.54) is 23.8 Å². The summed E-state index contributed by atoms with van der Waals surface area (Å²) in [4.78, 5) is 14.4. The number of hydroxylamine groups is 1. The van der Waals surface area contributed by atoms with Crippen molar-refractivity contribution in [3.63, 3.8) is 0 Å². The van der Waals surface area contributed by atoms with E-state index in [-0.39, 0.29) is 5.69 Å². The lowest BCUT2D eigenvalue weighted by atomic mass is 10.2. The zero-order valence-electron chi connectivity index (χ0n) is 5.98. The van der Waals surface area contributed by atoms with Gasteiger partial charge in [0.1, 0.15) is 5.69 Å². The molecule has 0 saturated heterocycles. The van der Waals surface area contributed by atoms with Crippen molar-refractivity contribution < 1.29 is 10.0 Å². The molecular formula is C7H5N3O2. The van der Waals surface area contributed by atoms with Crippen LogP contribution >= 0.6 is 0 Å². The highest BCUT2D eigenvalue weighted by Crippen LogP contribution is 1.99. The summed E-state index contributed by atoms with van der Waals surface area (Å²) in [5.41, 5.74) is 1.76. The fourth-order valence-electron chi connectivity index (χ4n) is 0.682. The first kappa shape index (κ1) is 8.17. The molecule has 0 aliphatic heterocycles. The van der Waals surface area contributed by atoms with Crippen LogP contribution in [0.5, 0.6) is 0 Å². The highest BCUT2D eigenvalue weighted by Gasteiger charge is 2.05. The number of aromatic nitrogens is 1. The van der Waals surface area contributed by atoms with Gasteiger partial charge in [0, 0.05) is 6.20 Å². The van der Waals surface area contributed by atoms with Crippen molar-refractivity contribution >= 4 is 5.91 Å². The number of pyridine rings is 1. The number of amides is 1. The number of nitriles is 1. The van der Waals surface area contributed by atoms with Crippen molar-refractivity contribution in [2.45, 2.75) is 0 Å². The van der Waals surface area contributed by atoms with Gasteiger partial charge in [0.15, 0.2) is 0 Å². The van der Waals surface area contributed by atoms with Crippen LogP contribution in [0.2, 0.25) is 0 Å². The summed E-state index contributed by atoms with van der Waals surface area (Å²) >= 11 is 0. The van der Waals surface area contributed by atoms with Gasteiger partial charge >= 0.3 is 0 Å². The minimum atomic E-state index is -0.730. The third-order valence-electron chi connectivity index (χ3n) is 1.22. The molecule has 1 aromatic heterocycles. The zero-order chi connectivity index (χ0) is 8.97. The Morgan fingerprint density at radius 1 is 1.75 bits per heavy atom. The second-order valence-electron chi connectivity index (χ2n) is 1.98. The summed E-state index contributed by atoms with van der Waals surface area (Å²) in [6.07, 6.45) is 1.32. The van der Waals surface area contributed by atoms with Crippen LogP contribution < -0.4 is 5.48 Å². The first-order valence-corrected chi connectivity index (χ1v) is 3.08. The number of nitrogens with one attached hydrogen (secondary N) is 1. The maximum absolute atomic E-state index is 10.7. The Kier molecular flexibility index (Phi) is 2.35. The van der Waals surface area contributed by atoms with E-state index in [2.05, 4.69) is 4.98 Å². The van der Waals surface area contributed by atoms with Gasteiger partial charge in [-0.25, -0.2) is 5.48 Å². The molecule has 0 saturated carbocycles. The third-order valence-corrected chi connectivity index (χ3v) is 1.22. The van der Waals surface area contributed by atoms with Crippen molar-refractivity contribution in [2.75, 3.05) is 0 Å². The molecule has 0 spiro atoms. The molecule has 2 N–H and O–H groups in total. The minimum absolute atomic E-state index is 0.0107. The van der Waals surface area contributed by atoms with E-state index in [1.807, 2.05) is 6.07 Å². The predicted molar refractivity (Wildman–Crippen MR) is 38.2 cm³/mol. The lowest BCUT2D eigenvalue weighted by molar-refractivity contribution is 0.0700. The van der Waals surface area contributed by atoms with E-state index in [1.54, 1.807) is 0 Å². The summed E-state index contributed by atoms with van der Waals surface area (Å²) in [6, 6.07) is 4.59. The molecule has 0 fully saturated rings. The van der Waals surface area contributed by atoms with E-state index in [4.69, 9.17) is 10.5 Å². The van der Waals surface area contributed by atoms with Crippen molar-refractivity contribution in [2.24, 2.45) is 0 Å². The van der Waals surface area contributed by atoms with Crippen LogP contribution in [-0.4, -0.2) is 16.1 Å². The van der Waals surface area contributed by atoms with E-state index < -0.39 is 5.91 Å². The average Bonchev–Trinajstić information content (AvgIpc) is 2.17. The third kappa shape index (κ3) is 1.56. The van der Waals surface area contributed by atoms with E-state index in [9.17, 15) is 4.79 Å². The van der Waals surface area contributed by atoms with Gasteiger partial charge in [-0.05, 0) is 12.1 Å². The predicted octanol–water partition coefficient (Wildman–Crippen LogP) is 0.0723. The standard InChI is InChI=1S/C7H5N3O2/c8-4-5-1-2-9-6(3-5)7(11)10-12/h1-3,12H,(H,10,11). The molecule has 5 nitrogen and oxygen atoms in total. The first-order valence-electron chi connectivity index (χ1n) is 3.08. The Hall–Kier alpha value is -1.93. The van der Waals surface area contributed by atoms with Gasteiger partial charge in [-0.15, -0.1) is 0 Å². The Labute approximate surface area is 68.2 Å². The van der Waals surface area contributed by atoms with Crippen LogP contribution in [0.25, 0.3) is 0 Å². The average molecular weight is 163 g/mol. The van der Waals surface area contributed by atoms with Crippen molar-refractivity contribution in [3.05, 3.63) is 29.6 Å². The Bertz CT molecular complexity index is 343. The molecule has 0 aromatic carbocycles. The van der Waals surface area contributed by atoms with Gasteiger partial charge < -0.3 is 0 Å². The molecule has 12 heavy (non-hydrogen) atoms. The first-order chi connectivity index (χ1) is 5.77. The SMILES string of the molecule is N#Cc1ccnc(C(=O)NO)c1. The number of carbonyl (C=O) groups excluding carboxylic acids is 1. The second kappa shape index (κ2) is 3.46. The molecule has 0 radical (unpaired) electrons. The van der Waals surface area contributed by atoms with E-state index in [0.717, 1.165) is 0 Å². The second-order valence-corrected chi connectivity index (χ2v) is 1.98. The summed E-state index contributed by atoms with van der Waals surface area (Å²) in [5.74, 6) is -0.730. The van der Waals surface area contributed by atoms with Gasteiger partial charge in [-0.2, -0.15) is 5.26 Å². The lowest BCUT2D eigenvalue weighted by Crippen LogP contribution is -2.19. The lowest BCUT2D eigenvalue weighted by Gasteiger charge is -1.96. The molecule has 60 valence electrons. The van der Waals surface area contributed by atoms with Crippen LogP contribution in [0, 0.1) is 11.3 Å². The molecule has 0 atom stereocenters. The van der Waals surface area contributed by atoms with Gasteiger partial charge in [-0.3, -0.25) is 15.0 Å². The Balaban J connectivity index is 3.04. The number of hydrogen-bond donors (Lipinski definition) is 2. The fourth-order valence-corrected chi connectivity index (χ4v) is 0.682. The highest BCUT2D eigenvalue weighted by atomic mass is 16.5. The number of carbonyl (C=O) groups is 1. The molecule has 0 bridgehead atoms. The van der Waals surface area contributed by atoms with Crippen molar-refractivity contribution in [3.8, 4) is 6.07 Å². The van der Waals surface area contributed by atoms with Crippen LogP contribution in [0.1, 0.15) is 16.1 Å². The minimum Gasteiger partial charge on any atom is -0.288 e. The maximum Gasteiger partial charge on any atom is 0.293 e. The summed E-state index contributed by atoms with van der Waals surface area (Å²) in [5, 5.41) is 16.7. The van der Waals surface area contributed by atoms with Crippen molar-refractivity contribution in [1.29, 1.82) is 5.26 Å². The van der Waals surface area contributed by atoms with Gasteiger partial charge in [0.05, 0.1) is 11.6 Å². The maximum atomic E-state index is 10.7. The van der Waals surface area contributed by atoms with Crippen LogP contribution in [0.4, 0.5) is 0 Å². The molecular weight excluding hydrogens is 158 g/mol. The Morgan fingerprint density at radius 3 is 3.08 bits per heavy atom. The molecule has 0 aliphatic carbocycles. The molecule has 1 amide bonds. The van der Waals surface area contributed by atoms with Crippen LogP contribution in [0.3, 0.4) is 0 Å². The number of rotatable bonds is 1. The molecule has 1 rings (SSSR count). The van der Waals surface area contributed by atoms with Crippen LogP contribution in [-0.2, 0) is 0 Å². The summed E-state index contributed by atoms with van der Waals surface area (Å²) < 4.78 is 0. The number of hydrogen-bond acceptors (Lipinski definition) is 4. The smallest absolute Gasteiger partial charge is 0.288 e. The monoisotopic (exact) mass is 163 g/mol. The Morgan fingerprint density at radius 2 is 2.50 bits per heavy atom. The quantitative estimate of drug-likeness (QED) is 0.453. The molecule has 0 unspecified atom stereocenters. The summed E-state index contributed by atoms with van der Waals surface area (Å²) in [7, 11) is 0. The highest BCUT2D eigenvalue weighted by molar-refractivity contribution is 5.91. The molecule has 5 heteroatoms. The van der Waals surface area contributed by atoms with Crippen molar-refractivity contribution in [1.82, 2.24) is 10.5 Å². The largest absolute Gasteiger partial charge is 0.293 e. The van der Waals surface area contributed by atoms with Gasteiger partial charge in [-0.1, -0.05) is 0 Å². The zero-order valence-corrected chi connectivity index (χ0v) is 5.98. The van der Waals surface area contributed by atoms with Gasteiger partial charge in [0.2, 0.25) is 0 Å². The van der Waals surface area contributed by atoms with E-state index in [0.29, 0.717) is 5.56 Å². The fraction of sp³-hybridized carbons (Fsp3) is 0. The van der Waals surface area contributed by atoms with E-state index >= 15 is 0 Å². The normalized spacial score (nSPS) is 8.67. The van der Waals surface area contributed by atoms with Gasteiger partial charge in [0.25, 0.3) is 5.91 Å². The topological polar surface area (TPSA) is 86.0 Å². The number of nitrogens with zero attached hydrogens (tertiary/aromatic N) is 2. The van der Waals surface area contributed by atoms with Crippen LogP contribution in [0.15, 0.2) is 18.3 Å². The molecule has 1 heterocycles. The molecule has 1 aromatic rings.